The molecule has 4 aliphatic carbocycles. The van der Waals surface area contributed by atoms with Crippen LogP contribution in [0.1, 0.15) is 78.6 Å². The van der Waals surface area contributed by atoms with Crippen molar-refractivity contribution in [2.75, 3.05) is 0 Å². The average molecular weight is 320 g/mol. The van der Waals surface area contributed by atoms with Crippen molar-refractivity contribution >= 4 is 0 Å². The van der Waals surface area contributed by atoms with Crippen LogP contribution in [-0.4, -0.2) is 17.3 Å². The first-order valence-corrected chi connectivity index (χ1v) is 10.3. The molecule has 0 aliphatic heterocycles. The van der Waals surface area contributed by atoms with E-state index in [0.29, 0.717) is 16.9 Å². The fourth-order valence-electron chi connectivity index (χ4n) is 8.14. The molecule has 4 rings (SSSR count). The number of hydrogen-bond donors (Lipinski definition) is 2. The van der Waals surface area contributed by atoms with E-state index >= 15 is 0 Å². The third-order valence-electron chi connectivity index (χ3n) is 9.35. The molecule has 0 aromatic heterocycles. The fourth-order valence-corrected chi connectivity index (χ4v) is 8.14. The summed E-state index contributed by atoms with van der Waals surface area (Å²) in [5.74, 6) is 4.30. The SMILES string of the molecule is C[C@H](N)[C@H]1CC[C@H]2[C@@H]3CC[C@H]4C[C@H](O)CC[C@]4(C)[C@H]3CC[C@]12C. The normalized spacial score (nSPS) is 57.3. The summed E-state index contributed by atoms with van der Waals surface area (Å²) in [6.07, 6.45) is 11.7. The second-order valence-corrected chi connectivity index (χ2v) is 10.2. The van der Waals surface area contributed by atoms with Crippen LogP contribution in [0.15, 0.2) is 0 Å². The van der Waals surface area contributed by atoms with Crippen molar-refractivity contribution in [1.82, 2.24) is 0 Å². The Bertz CT molecular complexity index is 463. The largest absolute Gasteiger partial charge is 0.393 e. The zero-order chi connectivity index (χ0) is 16.4. The second kappa shape index (κ2) is 5.46. The van der Waals surface area contributed by atoms with E-state index in [1.807, 2.05) is 0 Å². The van der Waals surface area contributed by atoms with Gasteiger partial charge in [-0.1, -0.05) is 13.8 Å². The predicted molar refractivity (Wildman–Crippen MR) is 94.9 cm³/mol. The lowest BCUT2D eigenvalue weighted by atomic mass is 9.44. The molecule has 0 amide bonds. The Labute approximate surface area is 142 Å². The molecular weight excluding hydrogens is 282 g/mol. The smallest absolute Gasteiger partial charge is 0.0543 e. The molecule has 0 spiro atoms. The number of hydrogen-bond acceptors (Lipinski definition) is 2. The van der Waals surface area contributed by atoms with Gasteiger partial charge < -0.3 is 10.8 Å². The van der Waals surface area contributed by atoms with Crippen LogP contribution in [0.4, 0.5) is 0 Å². The third kappa shape index (κ3) is 2.27. The first-order valence-electron chi connectivity index (χ1n) is 10.3. The van der Waals surface area contributed by atoms with Crippen LogP contribution in [0.25, 0.3) is 0 Å². The lowest BCUT2D eigenvalue weighted by Gasteiger charge is -2.61. The molecule has 2 nitrogen and oxygen atoms in total. The lowest BCUT2D eigenvalue weighted by molar-refractivity contribution is -0.127. The standard InChI is InChI=1S/C21H37NO/c1-13(22)17-6-7-18-16-5-4-14-12-15(23)8-10-20(14,2)19(16)9-11-21(17,18)3/h13-19,23H,4-12,22H2,1-3H3/t13-,14-,15+,16-,17+,18-,19-,20-,21+/m0/s1. The van der Waals surface area contributed by atoms with Gasteiger partial charge in [-0.25, -0.2) is 0 Å². The van der Waals surface area contributed by atoms with Crippen molar-refractivity contribution in [1.29, 1.82) is 0 Å². The highest BCUT2D eigenvalue weighted by molar-refractivity contribution is 5.10. The highest BCUT2D eigenvalue weighted by atomic mass is 16.3. The molecule has 0 aromatic carbocycles. The quantitative estimate of drug-likeness (QED) is 0.754. The summed E-state index contributed by atoms with van der Waals surface area (Å²) >= 11 is 0. The van der Waals surface area contributed by atoms with Gasteiger partial charge in [-0.05, 0) is 105 Å². The maximum Gasteiger partial charge on any atom is 0.0543 e. The number of fused-ring (bicyclic) bond motifs is 5. The molecule has 0 heterocycles. The average Bonchev–Trinajstić information content (AvgIpc) is 2.85. The number of aliphatic hydroxyl groups is 1. The van der Waals surface area contributed by atoms with Gasteiger partial charge in [0.05, 0.1) is 6.10 Å². The van der Waals surface area contributed by atoms with Crippen LogP contribution in [0.3, 0.4) is 0 Å². The van der Waals surface area contributed by atoms with E-state index in [9.17, 15) is 5.11 Å². The highest BCUT2D eigenvalue weighted by Gasteiger charge is 2.60. The van der Waals surface area contributed by atoms with Gasteiger partial charge in [-0.2, -0.15) is 0 Å². The molecule has 2 heteroatoms. The first-order chi connectivity index (χ1) is 10.9. The summed E-state index contributed by atoms with van der Waals surface area (Å²) in [5.41, 5.74) is 7.39. The zero-order valence-corrected chi connectivity index (χ0v) is 15.4. The maximum absolute atomic E-state index is 10.1. The Morgan fingerprint density at radius 1 is 0.913 bits per heavy atom. The van der Waals surface area contributed by atoms with Crippen molar-refractivity contribution in [3.8, 4) is 0 Å². The lowest BCUT2D eigenvalue weighted by Crippen LogP contribution is -2.54. The molecular formula is C21H37NO. The van der Waals surface area contributed by atoms with Gasteiger partial charge >= 0.3 is 0 Å². The van der Waals surface area contributed by atoms with Gasteiger partial charge in [0.15, 0.2) is 0 Å². The Balaban J connectivity index is 1.60. The van der Waals surface area contributed by atoms with Gasteiger partial charge in [0.2, 0.25) is 0 Å². The summed E-state index contributed by atoms with van der Waals surface area (Å²) in [5, 5.41) is 10.1. The Hall–Kier alpha value is -0.0800. The van der Waals surface area contributed by atoms with Gasteiger partial charge in [0, 0.05) is 6.04 Å². The van der Waals surface area contributed by atoms with Crippen LogP contribution in [0.5, 0.6) is 0 Å². The number of nitrogens with two attached hydrogens (primary N) is 1. The first kappa shape index (κ1) is 16.4. The van der Waals surface area contributed by atoms with E-state index in [1.54, 1.807) is 0 Å². The molecule has 0 unspecified atom stereocenters. The van der Waals surface area contributed by atoms with E-state index in [2.05, 4.69) is 20.8 Å². The topological polar surface area (TPSA) is 46.2 Å². The molecule has 3 N–H and O–H groups in total. The van der Waals surface area contributed by atoms with Crippen molar-refractivity contribution in [3.63, 3.8) is 0 Å². The Morgan fingerprint density at radius 3 is 2.35 bits per heavy atom. The minimum Gasteiger partial charge on any atom is -0.393 e. The minimum atomic E-state index is -0.0209. The van der Waals surface area contributed by atoms with Crippen LogP contribution in [0, 0.1) is 40.4 Å². The summed E-state index contributed by atoms with van der Waals surface area (Å²) in [7, 11) is 0. The Kier molecular flexibility index (Phi) is 3.89. The van der Waals surface area contributed by atoms with Crippen molar-refractivity contribution in [2.24, 2.45) is 46.2 Å². The molecule has 132 valence electrons. The van der Waals surface area contributed by atoms with Gasteiger partial charge in [-0.3, -0.25) is 0 Å². The van der Waals surface area contributed by atoms with E-state index in [-0.39, 0.29) is 6.10 Å². The zero-order valence-electron chi connectivity index (χ0n) is 15.4. The molecule has 0 aromatic rings. The molecule has 4 aliphatic rings. The summed E-state index contributed by atoms with van der Waals surface area (Å²) in [4.78, 5) is 0. The molecule has 0 saturated heterocycles. The van der Waals surface area contributed by atoms with Crippen molar-refractivity contribution < 1.29 is 5.11 Å². The number of rotatable bonds is 1. The van der Waals surface area contributed by atoms with E-state index in [4.69, 9.17) is 5.73 Å². The molecule has 4 fully saturated rings. The van der Waals surface area contributed by atoms with Crippen LogP contribution >= 0.6 is 0 Å². The maximum atomic E-state index is 10.1. The molecule has 0 bridgehead atoms. The summed E-state index contributed by atoms with van der Waals surface area (Å²) in [6, 6.07) is 0.360. The van der Waals surface area contributed by atoms with Crippen LogP contribution in [0.2, 0.25) is 0 Å². The molecule has 4 saturated carbocycles. The van der Waals surface area contributed by atoms with Gasteiger partial charge in [0.25, 0.3) is 0 Å². The fraction of sp³-hybridized carbons (Fsp3) is 1.00. The highest BCUT2D eigenvalue weighted by Crippen LogP contribution is 2.67. The second-order valence-electron chi connectivity index (χ2n) is 10.2. The monoisotopic (exact) mass is 319 g/mol. The van der Waals surface area contributed by atoms with Crippen LogP contribution < -0.4 is 5.73 Å². The molecule has 9 atom stereocenters. The summed E-state index contributed by atoms with van der Waals surface area (Å²) in [6.45, 7) is 7.40. The van der Waals surface area contributed by atoms with Gasteiger partial charge in [0.1, 0.15) is 0 Å². The number of aliphatic hydroxyl groups excluding tert-OH is 1. The Morgan fingerprint density at radius 2 is 1.61 bits per heavy atom. The van der Waals surface area contributed by atoms with E-state index in [0.717, 1.165) is 42.4 Å². The molecule has 0 radical (unpaired) electrons. The van der Waals surface area contributed by atoms with E-state index < -0.39 is 0 Å². The van der Waals surface area contributed by atoms with Gasteiger partial charge in [-0.15, -0.1) is 0 Å². The van der Waals surface area contributed by atoms with Crippen LogP contribution in [-0.2, 0) is 0 Å². The predicted octanol–water partition coefficient (Wildman–Crippen LogP) is 4.35. The third-order valence-corrected chi connectivity index (χ3v) is 9.35. The van der Waals surface area contributed by atoms with Crippen molar-refractivity contribution in [2.45, 2.75) is 90.7 Å². The minimum absolute atomic E-state index is 0.0209. The summed E-state index contributed by atoms with van der Waals surface area (Å²) < 4.78 is 0. The van der Waals surface area contributed by atoms with Crippen molar-refractivity contribution in [3.05, 3.63) is 0 Å². The molecule has 23 heavy (non-hydrogen) atoms. The van der Waals surface area contributed by atoms with E-state index in [1.165, 1.54) is 44.9 Å².